The molecule has 0 aromatic heterocycles. The van der Waals surface area contributed by atoms with Gasteiger partial charge in [-0.3, -0.25) is 0 Å². The normalized spacial score (nSPS) is 10.2. The van der Waals surface area contributed by atoms with E-state index in [1.807, 2.05) is 24.3 Å². The van der Waals surface area contributed by atoms with Gasteiger partial charge in [-0.25, -0.2) is 4.39 Å². The van der Waals surface area contributed by atoms with E-state index < -0.39 is 0 Å². The van der Waals surface area contributed by atoms with Gasteiger partial charge in [0.15, 0.2) is 0 Å². The fourth-order valence-corrected chi connectivity index (χ4v) is 1.77. The Labute approximate surface area is 117 Å². The van der Waals surface area contributed by atoms with Gasteiger partial charge in [-0.2, -0.15) is 0 Å². The van der Waals surface area contributed by atoms with Gasteiger partial charge < -0.3 is 10.5 Å². The first-order valence-corrected chi connectivity index (χ1v) is 6.25. The van der Waals surface area contributed by atoms with Gasteiger partial charge in [-0.15, -0.1) is 0 Å². The summed E-state index contributed by atoms with van der Waals surface area (Å²) in [4.78, 5) is 0.350. The Morgan fingerprint density at radius 1 is 1.26 bits per heavy atom. The molecule has 19 heavy (non-hydrogen) atoms. The molecule has 0 aliphatic rings. The summed E-state index contributed by atoms with van der Waals surface area (Å²) in [7, 11) is 0. The van der Waals surface area contributed by atoms with Crippen molar-refractivity contribution in [2.24, 2.45) is 5.73 Å². The van der Waals surface area contributed by atoms with Gasteiger partial charge >= 0.3 is 0 Å². The molecule has 2 nitrogen and oxygen atoms in total. The zero-order chi connectivity index (χ0) is 13.8. The van der Waals surface area contributed by atoms with E-state index in [-0.39, 0.29) is 5.82 Å². The molecule has 0 unspecified atom stereocenters. The summed E-state index contributed by atoms with van der Waals surface area (Å²) in [6, 6.07) is 12.3. The lowest BCUT2D eigenvalue weighted by Gasteiger charge is -2.08. The van der Waals surface area contributed by atoms with Crippen molar-refractivity contribution in [1.82, 2.24) is 0 Å². The minimum absolute atomic E-state index is 0.269. The van der Waals surface area contributed by atoms with Gasteiger partial charge in [0.1, 0.15) is 23.2 Å². The molecule has 2 rings (SSSR count). The van der Waals surface area contributed by atoms with Crippen LogP contribution in [0.5, 0.6) is 5.75 Å². The highest BCUT2D eigenvalue weighted by molar-refractivity contribution is 7.80. The fourth-order valence-electron chi connectivity index (χ4n) is 1.64. The maximum Gasteiger partial charge on any atom is 0.129 e. The molecular weight excluding hydrogens is 261 g/mol. The van der Waals surface area contributed by atoms with Gasteiger partial charge in [0.05, 0.1) is 0 Å². The first kappa shape index (κ1) is 13.5. The zero-order valence-electron chi connectivity index (χ0n) is 10.5. The third-order valence-corrected chi connectivity index (χ3v) is 3.00. The highest BCUT2D eigenvalue weighted by Gasteiger charge is 2.02. The number of nitrogens with two attached hydrogens (primary N) is 1. The quantitative estimate of drug-likeness (QED) is 0.869. The summed E-state index contributed by atoms with van der Waals surface area (Å²) < 4.78 is 18.9. The Kier molecular flexibility index (Phi) is 4.12. The van der Waals surface area contributed by atoms with Crippen LogP contribution in [0.4, 0.5) is 4.39 Å². The monoisotopic (exact) mass is 275 g/mol. The lowest BCUT2D eigenvalue weighted by molar-refractivity contribution is 0.304. The van der Waals surface area contributed by atoms with Crippen molar-refractivity contribution < 1.29 is 9.13 Å². The van der Waals surface area contributed by atoms with Crippen molar-refractivity contribution >= 4 is 17.2 Å². The number of rotatable bonds is 4. The molecule has 98 valence electrons. The lowest BCUT2D eigenvalue weighted by atomic mass is 10.1. The molecule has 2 aromatic carbocycles. The van der Waals surface area contributed by atoms with E-state index in [4.69, 9.17) is 22.7 Å². The maximum atomic E-state index is 13.4. The Balaban J connectivity index is 2.07. The SMILES string of the molecule is Cc1ccc(OCc2cccc(C(N)=S)c2)cc1F. The number of ether oxygens (including phenoxy) is 1. The molecule has 0 aliphatic carbocycles. The number of hydrogen-bond acceptors (Lipinski definition) is 2. The molecule has 0 aliphatic heterocycles. The molecule has 0 saturated carbocycles. The zero-order valence-corrected chi connectivity index (χ0v) is 11.3. The summed E-state index contributed by atoms with van der Waals surface area (Å²) in [5, 5.41) is 0. The van der Waals surface area contributed by atoms with Crippen LogP contribution in [0.3, 0.4) is 0 Å². The topological polar surface area (TPSA) is 35.2 Å². The summed E-state index contributed by atoms with van der Waals surface area (Å²) >= 11 is 4.92. The van der Waals surface area contributed by atoms with Crippen LogP contribution < -0.4 is 10.5 Å². The van der Waals surface area contributed by atoms with E-state index in [2.05, 4.69) is 0 Å². The third-order valence-electron chi connectivity index (χ3n) is 2.76. The molecule has 0 bridgehead atoms. The minimum Gasteiger partial charge on any atom is -0.489 e. The molecule has 2 aromatic rings. The van der Waals surface area contributed by atoms with E-state index in [0.29, 0.717) is 22.9 Å². The van der Waals surface area contributed by atoms with Crippen LogP contribution in [-0.2, 0) is 6.61 Å². The van der Waals surface area contributed by atoms with Crippen molar-refractivity contribution in [2.45, 2.75) is 13.5 Å². The average Bonchev–Trinajstić information content (AvgIpc) is 2.40. The molecule has 0 spiro atoms. The Morgan fingerprint density at radius 3 is 2.74 bits per heavy atom. The van der Waals surface area contributed by atoms with Gasteiger partial charge in [-0.05, 0) is 30.2 Å². The van der Waals surface area contributed by atoms with Crippen LogP contribution in [-0.4, -0.2) is 4.99 Å². The van der Waals surface area contributed by atoms with Crippen LogP contribution >= 0.6 is 12.2 Å². The van der Waals surface area contributed by atoms with Crippen molar-refractivity contribution in [2.75, 3.05) is 0 Å². The summed E-state index contributed by atoms with van der Waals surface area (Å²) in [6.07, 6.45) is 0. The number of thiocarbonyl (C=S) groups is 1. The minimum atomic E-state index is -0.269. The van der Waals surface area contributed by atoms with Gasteiger partial charge in [0, 0.05) is 11.6 Å². The van der Waals surface area contributed by atoms with E-state index in [1.165, 1.54) is 6.07 Å². The maximum absolute atomic E-state index is 13.4. The predicted octanol–water partition coefficient (Wildman–Crippen LogP) is 3.35. The molecule has 0 saturated heterocycles. The highest BCUT2D eigenvalue weighted by atomic mass is 32.1. The molecule has 0 atom stereocenters. The smallest absolute Gasteiger partial charge is 0.129 e. The first-order chi connectivity index (χ1) is 9.06. The Hall–Kier alpha value is -1.94. The Morgan fingerprint density at radius 2 is 2.05 bits per heavy atom. The average molecular weight is 275 g/mol. The standard InChI is InChI=1S/C15H14FNOS/c1-10-5-6-13(8-14(10)16)18-9-11-3-2-4-12(7-11)15(17)19/h2-8H,9H2,1H3,(H2,17,19). The number of aryl methyl sites for hydroxylation is 1. The van der Waals surface area contributed by atoms with E-state index in [1.54, 1.807) is 19.1 Å². The number of benzene rings is 2. The van der Waals surface area contributed by atoms with E-state index in [0.717, 1.165) is 11.1 Å². The largest absolute Gasteiger partial charge is 0.489 e. The third kappa shape index (κ3) is 3.51. The molecule has 2 N–H and O–H groups in total. The predicted molar refractivity (Wildman–Crippen MR) is 77.8 cm³/mol. The lowest BCUT2D eigenvalue weighted by Crippen LogP contribution is -2.09. The fraction of sp³-hybridized carbons (Fsp3) is 0.133. The Bertz CT molecular complexity index is 613. The highest BCUT2D eigenvalue weighted by Crippen LogP contribution is 2.17. The molecule has 4 heteroatoms. The second-order valence-corrected chi connectivity index (χ2v) is 4.70. The van der Waals surface area contributed by atoms with Crippen LogP contribution in [0.25, 0.3) is 0 Å². The van der Waals surface area contributed by atoms with Crippen LogP contribution in [0, 0.1) is 12.7 Å². The molecule has 0 radical (unpaired) electrons. The molecular formula is C15H14FNOS. The first-order valence-electron chi connectivity index (χ1n) is 5.84. The van der Waals surface area contributed by atoms with Gasteiger partial charge in [-0.1, -0.05) is 36.5 Å². The second-order valence-electron chi connectivity index (χ2n) is 4.26. The van der Waals surface area contributed by atoms with Gasteiger partial charge in [0.2, 0.25) is 0 Å². The molecule has 0 amide bonds. The summed E-state index contributed by atoms with van der Waals surface area (Å²) in [5.74, 6) is 0.234. The van der Waals surface area contributed by atoms with Crippen LogP contribution in [0.2, 0.25) is 0 Å². The summed E-state index contributed by atoms with van der Waals surface area (Å²) in [5.41, 5.74) is 7.90. The molecule has 0 fully saturated rings. The summed E-state index contributed by atoms with van der Waals surface area (Å²) in [6.45, 7) is 2.06. The van der Waals surface area contributed by atoms with E-state index in [9.17, 15) is 4.39 Å². The van der Waals surface area contributed by atoms with Crippen molar-refractivity contribution in [1.29, 1.82) is 0 Å². The van der Waals surface area contributed by atoms with Crippen molar-refractivity contribution in [3.8, 4) is 5.75 Å². The van der Waals surface area contributed by atoms with Gasteiger partial charge in [0.25, 0.3) is 0 Å². The van der Waals surface area contributed by atoms with Crippen LogP contribution in [0.1, 0.15) is 16.7 Å². The number of hydrogen-bond donors (Lipinski definition) is 1. The number of halogens is 1. The van der Waals surface area contributed by atoms with E-state index >= 15 is 0 Å². The second kappa shape index (κ2) is 5.80. The van der Waals surface area contributed by atoms with Crippen molar-refractivity contribution in [3.05, 3.63) is 65.0 Å². The molecule has 0 heterocycles. The van der Waals surface area contributed by atoms with Crippen molar-refractivity contribution in [3.63, 3.8) is 0 Å². The van der Waals surface area contributed by atoms with Crippen LogP contribution in [0.15, 0.2) is 42.5 Å².